The van der Waals surface area contributed by atoms with E-state index in [1.54, 1.807) is 11.8 Å². The molecule has 1 fully saturated rings. The second-order valence-corrected chi connectivity index (χ2v) is 8.45. The standard InChI is InChI=1S/C17H22N4O4S/c1-13-15(16(18-25-13)14-7-5-4-6-8-14)17(22)20-9-11-21(12-10-20)26(23,24)19(2)3/h4-8H,9-12H2,1-3H3. The summed E-state index contributed by atoms with van der Waals surface area (Å²) in [4.78, 5) is 14.7. The van der Waals surface area contributed by atoms with E-state index in [1.165, 1.54) is 22.7 Å². The zero-order valence-corrected chi connectivity index (χ0v) is 15.9. The van der Waals surface area contributed by atoms with Gasteiger partial charge in [-0.15, -0.1) is 0 Å². The molecule has 2 aromatic rings. The molecule has 140 valence electrons. The lowest BCUT2D eigenvalue weighted by Gasteiger charge is -2.35. The van der Waals surface area contributed by atoms with E-state index in [0.29, 0.717) is 30.1 Å². The number of hydrogen-bond donors (Lipinski definition) is 0. The van der Waals surface area contributed by atoms with E-state index in [1.807, 2.05) is 30.3 Å². The van der Waals surface area contributed by atoms with Crippen molar-refractivity contribution in [3.8, 4) is 11.3 Å². The summed E-state index contributed by atoms with van der Waals surface area (Å²) in [6.07, 6.45) is 0. The van der Waals surface area contributed by atoms with E-state index in [0.717, 1.165) is 5.56 Å². The van der Waals surface area contributed by atoms with Crippen LogP contribution >= 0.6 is 0 Å². The van der Waals surface area contributed by atoms with Crippen LogP contribution in [0.25, 0.3) is 11.3 Å². The first-order chi connectivity index (χ1) is 12.3. The van der Waals surface area contributed by atoms with Crippen LogP contribution in [0, 0.1) is 6.92 Å². The number of carbonyl (C=O) groups is 1. The number of nitrogens with zero attached hydrogens (tertiary/aromatic N) is 4. The zero-order valence-electron chi connectivity index (χ0n) is 15.0. The summed E-state index contributed by atoms with van der Waals surface area (Å²) in [6, 6.07) is 9.38. The van der Waals surface area contributed by atoms with Crippen LogP contribution in [0.1, 0.15) is 16.1 Å². The minimum Gasteiger partial charge on any atom is -0.360 e. The second-order valence-electron chi connectivity index (χ2n) is 6.31. The third kappa shape index (κ3) is 3.37. The molecule has 8 nitrogen and oxygen atoms in total. The summed E-state index contributed by atoms with van der Waals surface area (Å²) >= 11 is 0. The number of rotatable bonds is 4. The highest BCUT2D eigenvalue weighted by molar-refractivity contribution is 7.86. The number of aryl methyl sites for hydroxylation is 1. The van der Waals surface area contributed by atoms with Crippen LogP contribution < -0.4 is 0 Å². The van der Waals surface area contributed by atoms with E-state index < -0.39 is 10.2 Å². The van der Waals surface area contributed by atoms with E-state index in [9.17, 15) is 13.2 Å². The van der Waals surface area contributed by atoms with Crippen molar-refractivity contribution in [2.24, 2.45) is 0 Å². The first-order valence-corrected chi connectivity index (χ1v) is 9.70. The van der Waals surface area contributed by atoms with Crippen molar-refractivity contribution < 1.29 is 17.7 Å². The molecule has 1 aromatic heterocycles. The molecule has 1 aromatic carbocycles. The molecule has 1 aliphatic heterocycles. The molecule has 0 radical (unpaired) electrons. The minimum atomic E-state index is -3.46. The summed E-state index contributed by atoms with van der Waals surface area (Å²) in [5.41, 5.74) is 1.75. The summed E-state index contributed by atoms with van der Waals surface area (Å²) in [5.74, 6) is 0.265. The molecule has 0 spiro atoms. The lowest BCUT2D eigenvalue weighted by Crippen LogP contribution is -2.53. The fraction of sp³-hybridized carbons (Fsp3) is 0.412. The van der Waals surface area contributed by atoms with Crippen molar-refractivity contribution >= 4 is 16.1 Å². The van der Waals surface area contributed by atoms with Gasteiger partial charge >= 0.3 is 0 Å². The van der Waals surface area contributed by atoms with Crippen LogP contribution in [0.15, 0.2) is 34.9 Å². The fourth-order valence-corrected chi connectivity index (χ4v) is 4.01. The maximum absolute atomic E-state index is 13.0. The topological polar surface area (TPSA) is 87.0 Å². The number of carbonyl (C=O) groups excluding carboxylic acids is 1. The molecular formula is C17H22N4O4S. The van der Waals surface area contributed by atoms with Crippen molar-refractivity contribution in [3.63, 3.8) is 0 Å². The molecule has 2 heterocycles. The number of piperazine rings is 1. The largest absolute Gasteiger partial charge is 0.360 e. The van der Waals surface area contributed by atoms with Gasteiger partial charge in [-0.25, -0.2) is 0 Å². The van der Waals surface area contributed by atoms with Crippen molar-refractivity contribution in [1.29, 1.82) is 0 Å². The molecule has 0 atom stereocenters. The number of aromatic nitrogens is 1. The monoisotopic (exact) mass is 378 g/mol. The minimum absolute atomic E-state index is 0.190. The van der Waals surface area contributed by atoms with E-state index >= 15 is 0 Å². The molecule has 0 unspecified atom stereocenters. The number of hydrogen-bond acceptors (Lipinski definition) is 5. The smallest absolute Gasteiger partial charge is 0.281 e. The van der Waals surface area contributed by atoms with Crippen molar-refractivity contribution in [2.45, 2.75) is 6.92 Å². The Hall–Kier alpha value is -2.23. The average molecular weight is 378 g/mol. The normalized spacial score (nSPS) is 16.2. The third-order valence-electron chi connectivity index (χ3n) is 4.44. The highest BCUT2D eigenvalue weighted by Crippen LogP contribution is 2.26. The fourth-order valence-electron chi connectivity index (χ4n) is 2.93. The van der Waals surface area contributed by atoms with E-state index in [-0.39, 0.29) is 19.0 Å². The molecule has 9 heteroatoms. The Morgan fingerprint density at radius 2 is 1.73 bits per heavy atom. The summed E-state index contributed by atoms with van der Waals surface area (Å²) in [6.45, 7) is 2.88. The Labute approximate surface area is 153 Å². The highest BCUT2D eigenvalue weighted by Gasteiger charge is 2.33. The third-order valence-corrected chi connectivity index (χ3v) is 6.38. The van der Waals surface area contributed by atoms with Gasteiger partial charge in [0.15, 0.2) is 0 Å². The summed E-state index contributed by atoms with van der Waals surface area (Å²) in [7, 11) is -0.465. The maximum atomic E-state index is 13.0. The predicted molar refractivity (Wildman–Crippen MR) is 96.8 cm³/mol. The lowest BCUT2D eigenvalue weighted by molar-refractivity contribution is 0.0694. The number of benzene rings is 1. The average Bonchev–Trinajstić information content (AvgIpc) is 3.03. The van der Waals surface area contributed by atoms with Crippen LogP contribution in [0.4, 0.5) is 0 Å². The molecule has 1 aliphatic rings. The van der Waals surface area contributed by atoms with Crippen molar-refractivity contribution in [1.82, 2.24) is 18.7 Å². The van der Waals surface area contributed by atoms with E-state index in [2.05, 4.69) is 5.16 Å². The van der Waals surface area contributed by atoms with Crippen molar-refractivity contribution in [3.05, 3.63) is 41.7 Å². The van der Waals surface area contributed by atoms with Crippen LogP contribution in [0.3, 0.4) is 0 Å². The van der Waals surface area contributed by atoms with Crippen molar-refractivity contribution in [2.75, 3.05) is 40.3 Å². The first kappa shape index (κ1) is 18.6. The van der Waals surface area contributed by atoms with Gasteiger partial charge in [-0.2, -0.15) is 17.0 Å². The Morgan fingerprint density at radius 3 is 2.31 bits per heavy atom. The van der Waals surface area contributed by atoms with Gasteiger partial charge in [0.1, 0.15) is 17.0 Å². The van der Waals surface area contributed by atoms with Crippen LogP contribution in [-0.2, 0) is 10.2 Å². The Kier molecular flexibility index (Phi) is 5.12. The predicted octanol–water partition coefficient (Wildman–Crippen LogP) is 1.21. The Balaban J connectivity index is 1.79. The molecule has 0 N–H and O–H groups in total. The van der Waals surface area contributed by atoms with Gasteiger partial charge in [0, 0.05) is 45.8 Å². The van der Waals surface area contributed by atoms with Crippen LogP contribution in [0.2, 0.25) is 0 Å². The second kappa shape index (κ2) is 7.18. The van der Waals surface area contributed by atoms with Crippen LogP contribution in [0.5, 0.6) is 0 Å². The first-order valence-electron chi connectivity index (χ1n) is 8.31. The molecular weight excluding hydrogens is 356 g/mol. The van der Waals surface area contributed by atoms with Gasteiger partial charge in [0.2, 0.25) is 0 Å². The van der Waals surface area contributed by atoms with Gasteiger partial charge in [-0.3, -0.25) is 4.79 Å². The van der Waals surface area contributed by atoms with Gasteiger partial charge in [0.25, 0.3) is 16.1 Å². The van der Waals surface area contributed by atoms with Gasteiger partial charge in [-0.05, 0) is 6.92 Å². The SMILES string of the molecule is Cc1onc(-c2ccccc2)c1C(=O)N1CCN(S(=O)(=O)N(C)C)CC1. The van der Waals surface area contributed by atoms with Gasteiger partial charge in [0.05, 0.1) is 0 Å². The molecule has 0 saturated carbocycles. The Bertz CT molecular complexity index is 885. The maximum Gasteiger partial charge on any atom is 0.281 e. The number of amides is 1. The molecule has 0 bridgehead atoms. The van der Waals surface area contributed by atoms with E-state index in [4.69, 9.17) is 4.52 Å². The molecule has 1 amide bonds. The quantitative estimate of drug-likeness (QED) is 0.798. The Morgan fingerprint density at radius 1 is 1.12 bits per heavy atom. The molecule has 3 rings (SSSR count). The lowest BCUT2D eigenvalue weighted by atomic mass is 10.0. The molecule has 26 heavy (non-hydrogen) atoms. The van der Waals surface area contributed by atoms with Gasteiger partial charge in [-0.1, -0.05) is 35.5 Å². The summed E-state index contributed by atoms with van der Waals surface area (Å²) < 4.78 is 32.2. The highest BCUT2D eigenvalue weighted by atomic mass is 32.2. The van der Waals surface area contributed by atoms with Gasteiger partial charge < -0.3 is 9.42 Å². The summed E-state index contributed by atoms with van der Waals surface area (Å²) in [5, 5.41) is 4.04. The molecule has 1 saturated heterocycles. The molecule has 0 aliphatic carbocycles. The van der Waals surface area contributed by atoms with Crippen LogP contribution in [-0.4, -0.2) is 73.3 Å². The zero-order chi connectivity index (χ0) is 18.9.